The lowest BCUT2D eigenvalue weighted by Gasteiger charge is -2.22. The van der Waals surface area contributed by atoms with Gasteiger partial charge in [0.05, 0.1) is 12.1 Å². The molecule has 0 bridgehead atoms. The third kappa shape index (κ3) is 3.67. The second-order valence-corrected chi connectivity index (χ2v) is 7.21. The summed E-state index contributed by atoms with van der Waals surface area (Å²) in [6.07, 6.45) is 3.34. The van der Waals surface area contributed by atoms with E-state index >= 15 is 0 Å². The Morgan fingerprint density at radius 1 is 0.967 bits per heavy atom. The molecule has 0 aromatic heterocycles. The maximum absolute atomic E-state index is 13.2. The van der Waals surface area contributed by atoms with Crippen LogP contribution in [0.2, 0.25) is 0 Å². The van der Waals surface area contributed by atoms with Crippen LogP contribution >= 0.6 is 0 Å². The molecular formula is C25H20FNO3. The van der Waals surface area contributed by atoms with E-state index in [9.17, 15) is 19.1 Å². The molecule has 1 N–H and O–H groups in total. The van der Waals surface area contributed by atoms with Crippen LogP contribution in [0.4, 0.5) is 10.1 Å². The zero-order chi connectivity index (χ0) is 21.1. The summed E-state index contributed by atoms with van der Waals surface area (Å²) >= 11 is 0. The van der Waals surface area contributed by atoms with Crippen LogP contribution in [0.25, 0.3) is 6.08 Å². The van der Waals surface area contributed by atoms with Crippen molar-refractivity contribution in [3.63, 3.8) is 0 Å². The Bertz CT molecular complexity index is 1110. The molecule has 3 aromatic rings. The number of anilines is 1. The smallest absolute Gasteiger partial charge is 0.264 e. The molecule has 1 unspecified atom stereocenters. The normalized spacial score (nSPS) is 18.1. The molecule has 0 saturated carbocycles. The average Bonchev–Trinajstić information content (AvgIpc) is 2.97. The first-order chi connectivity index (χ1) is 14.5. The summed E-state index contributed by atoms with van der Waals surface area (Å²) in [4.78, 5) is 27.4. The highest BCUT2D eigenvalue weighted by Crippen LogP contribution is 2.42. The van der Waals surface area contributed by atoms with Gasteiger partial charge in [0.1, 0.15) is 5.82 Å². The van der Waals surface area contributed by atoms with Crippen LogP contribution in [0.3, 0.4) is 0 Å². The highest BCUT2D eigenvalue weighted by atomic mass is 19.1. The van der Waals surface area contributed by atoms with Gasteiger partial charge >= 0.3 is 0 Å². The van der Waals surface area contributed by atoms with Crippen LogP contribution in [-0.2, 0) is 10.4 Å². The lowest BCUT2D eigenvalue weighted by molar-refractivity contribution is -0.135. The highest BCUT2D eigenvalue weighted by Gasteiger charge is 2.50. The minimum absolute atomic E-state index is 0.248. The molecule has 0 spiro atoms. The lowest BCUT2D eigenvalue weighted by atomic mass is 9.88. The van der Waals surface area contributed by atoms with Crippen LogP contribution in [0.5, 0.6) is 0 Å². The number of ketones is 1. The summed E-state index contributed by atoms with van der Waals surface area (Å²) in [5.41, 5.74) is 0.271. The molecule has 0 radical (unpaired) electrons. The first kappa shape index (κ1) is 19.7. The lowest BCUT2D eigenvalue weighted by Crippen LogP contribution is -2.42. The first-order valence-corrected chi connectivity index (χ1v) is 9.63. The molecule has 150 valence electrons. The Hall–Kier alpha value is -3.57. The van der Waals surface area contributed by atoms with Crippen LogP contribution in [0, 0.1) is 5.82 Å². The molecule has 30 heavy (non-hydrogen) atoms. The van der Waals surface area contributed by atoms with Crippen molar-refractivity contribution in [2.24, 2.45) is 0 Å². The molecule has 1 amide bonds. The van der Waals surface area contributed by atoms with Crippen molar-refractivity contribution in [2.45, 2.75) is 12.0 Å². The highest BCUT2D eigenvalue weighted by molar-refractivity contribution is 6.10. The third-order valence-electron chi connectivity index (χ3n) is 5.22. The molecular weight excluding hydrogens is 381 g/mol. The number of fused-ring (bicyclic) bond motifs is 1. The van der Waals surface area contributed by atoms with Gasteiger partial charge in [-0.2, -0.15) is 0 Å². The molecule has 1 aliphatic heterocycles. The Kier molecular flexibility index (Phi) is 5.29. The van der Waals surface area contributed by atoms with Crippen molar-refractivity contribution in [2.75, 3.05) is 11.4 Å². The monoisotopic (exact) mass is 401 g/mol. The van der Waals surface area contributed by atoms with Crippen molar-refractivity contribution in [1.82, 2.24) is 0 Å². The van der Waals surface area contributed by atoms with E-state index in [0.29, 0.717) is 11.3 Å². The Labute approximate surface area is 173 Å². The van der Waals surface area contributed by atoms with E-state index in [4.69, 9.17) is 0 Å². The van der Waals surface area contributed by atoms with Gasteiger partial charge < -0.3 is 10.0 Å². The van der Waals surface area contributed by atoms with E-state index in [1.807, 2.05) is 42.5 Å². The molecule has 3 aromatic carbocycles. The fourth-order valence-electron chi connectivity index (χ4n) is 3.69. The van der Waals surface area contributed by atoms with Gasteiger partial charge in [0.25, 0.3) is 5.91 Å². The molecule has 0 aliphatic carbocycles. The zero-order valence-electron chi connectivity index (χ0n) is 16.2. The maximum atomic E-state index is 13.2. The number of rotatable bonds is 6. The Balaban J connectivity index is 1.59. The van der Waals surface area contributed by atoms with Gasteiger partial charge in [-0.1, -0.05) is 60.7 Å². The maximum Gasteiger partial charge on any atom is 0.264 e. The summed E-state index contributed by atoms with van der Waals surface area (Å²) in [7, 11) is 0. The number of Topliss-reactive ketones (excluding diaryl/α,β-unsaturated/α-hetero) is 1. The number of nitrogens with zero attached hydrogens (tertiary/aromatic N) is 1. The fraction of sp³-hybridized carbons (Fsp3) is 0.120. The second-order valence-electron chi connectivity index (χ2n) is 7.21. The fourth-order valence-corrected chi connectivity index (χ4v) is 3.69. The van der Waals surface area contributed by atoms with Crippen molar-refractivity contribution in [3.8, 4) is 0 Å². The van der Waals surface area contributed by atoms with Gasteiger partial charge in [0.2, 0.25) is 0 Å². The molecule has 4 rings (SSSR count). The molecule has 4 nitrogen and oxygen atoms in total. The number of hydrogen-bond acceptors (Lipinski definition) is 3. The number of para-hydroxylation sites is 1. The average molecular weight is 401 g/mol. The van der Waals surface area contributed by atoms with Gasteiger partial charge in [-0.25, -0.2) is 4.39 Å². The van der Waals surface area contributed by atoms with Crippen molar-refractivity contribution in [3.05, 3.63) is 107 Å². The van der Waals surface area contributed by atoms with E-state index in [2.05, 4.69) is 0 Å². The Morgan fingerprint density at radius 3 is 2.37 bits per heavy atom. The standard InChI is InChI=1S/C25H20FNO3/c26-20-14-12-19(13-15-20)23(28)17-25(30)21-10-4-5-11-22(21)27(24(25)29)16-6-9-18-7-2-1-3-8-18/h1-15,30H,16-17H2. The van der Waals surface area contributed by atoms with Crippen LogP contribution in [0.15, 0.2) is 84.9 Å². The van der Waals surface area contributed by atoms with E-state index in [0.717, 1.165) is 5.56 Å². The summed E-state index contributed by atoms with van der Waals surface area (Å²) in [5.74, 6) is -1.43. The van der Waals surface area contributed by atoms with E-state index in [-0.39, 0.29) is 12.1 Å². The molecule has 0 fully saturated rings. The molecule has 5 heteroatoms. The van der Waals surface area contributed by atoms with Gasteiger partial charge in [-0.05, 0) is 35.9 Å². The predicted molar refractivity (Wildman–Crippen MR) is 114 cm³/mol. The van der Waals surface area contributed by atoms with E-state index < -0.39 is 29.5 Å². The number of aliphatic hydroxyl groups is 1. The minimum Gasteiger partial charge on any atom is -0.375 e. The molecule has 1 heterocycles. The molecule has 1 aliphatic rings. The number of benzene rings is 3. The largest absolute Gasteiger partial charge is 0.375 e. The van der Waals surface area contributed by atoms with Crippen LogP contribution in [-0.4, -0.2) is 23.3 Å². The van der Waals surface area contributed by atoms with E-state index in [1.165, 1.54) is 29.2 Å². The predicted octanol–water partition coefficient (Wildman–Crippen LogP) is 4.35. The molecule has 1 atom stereocenters. The minimum atomic E-state index is -1.96. The third-order valence-corrected chi connectivity index (χ3v) is 5.22. The Morgan fingerprint density at radius 2 is 1.63 bits per heavy atom. The van der Waals surface area contributed by atoms with Gasteiger partial charge in [0, 0.05) is 17.7 Å². The van der Waals surface area contributed by atoms with Crippen molar-refractivity contribution in [1.29, 1.82) is 0 Å². The van der Waals surface area contributed by atoms with Crippen LogP contribution in [0.1, 0.15) is 27.9 Å². The zero-order valence-corrected chi connectivity index (χ0v) is 16.2. The number of carbonyl (C=O) groups excluding carboxylic acids is 2. The number of halogens is 1. The first-order valence-electron chi connectivity index (χ1n) is 9.63. The topological polar surface area (TPSA) is 57.6 Å². The summed E-state index contributed by atoms with van der Waals surface area (Å²) in [5, 5.41) is 11.3. The second kappa shape index (κ2) is 8.05. The van der Waals surface area contributed by atoms with Gasteiger partial charge in [-0.15, -0.1) is 0 Å². The summed E-state index contributed by atoms with van der Waals surface area (Å²) in [6.45, 7) is 0.262. The van der Waals surface area contributed by atoms with Crippen LogP contribution < -0.4 is 4.90 Å². The SMILES string of the molecule is O=C(CC1(O)C(=O)N(CC=Cc2ccccc2)c2ccccc21)c1ccc(F)cc1. The van der Waals surface area contributed by atoms with Crippen molar-refractivity contribution >= 4 is 23.5 Å². The number of amides is 1. The summed E-state index contributed by atoms with van der Waals surface area (Å²) in [6, 6.07) is 21.7. The van der Waals surface area contributed by atoms with Crippen molar-refractivity contribution < 1.29 is 19.1 Å². The van der Waals surface area contributed by atoms with Gasteiger partial charge in [-0.3, -0.25) is 9.59 Å². The quantitative estimate of drug-likeness (QED) is 0.625. The van der Waals surface area contributed by atoms with E-state index in [1.54, 1.807) is 24.3 Å². The number of hydrogen-bond donors (Lipinski definition) is 1. The summed E-state index contributed by atoms with van der Waals surface area (Å²) < 4.78 is 13.2. The number of carbonyl (C=O) groups is 2. The van der Waals surface area contributed by atoms with Gasteiger partial charge in [0.15, 0.2) is 11.4 Å². The molecule has 0 saturated heterocycles.